The first-order valence-corrected chi connectivity index (χ1v) is 5.03. The van der Waals surface area contributed by atoms with E-state index in [2.05, 4.69) is 0 Å². The highest BCUT2D eigenvalue weighted by Gasteiger charge is 2.08. The largest absolute Gasteiger partial charge is 0.294 e. The van der Waals surface area contributed by atoms with Crippen LogP contribution in [0.1, 0.15) is 44.0 Å². The average molecular weight is 196 g/mol. The lowest BCUT2D eigenvalue weighted by Crippen LogP contribution is -2.00. The van der Waals surface area contributed by atoms with Crippen LogP contribution in [0.2, 0.25) is 0 Å². The number of benzene rings is 1. The maximum atomic E-state index is 12.9. The molecule has 0 heterocycles. The molecule has 78 valence electrons. The minimum atomic E-state index is -0.420. The van der Waals surface area contributed by atoms with E-state index >= 15 is 0 Å². The molecule has 0 aliphatic carbocycles. The minimum absolute atomic E-state index is 0.115. The van der Waals surface area contributed by atoms with Crippen LogP contribution in [0.25, 0.3) is 0 Å². The van der Waals surface area contributed by atoms with Gasteiger partial charge in [0, 0.05) is 6.42 Å². The molecule has 0 aromatic heterocycles. The summed E-state index contributed by atoms with van der Waals surface area (Å²) < 4.78 is 12.9. The molecule has 0 N–H and O–H groups in total. The molecule has 1 aromatic rings. The van der Waals surface area contributed by atoms with Gasteiger partial charge in [-0.2, -0.15) is 0 Å². The molecule has 0 saturated heterocycles. The Morgan fingerprint density at radius 1 is 1.29 bits per heavy atom. The predicted octanol–water partition coefficient (Wildman–Crippen LogP) is 3.83. The molecule has 0 aliphatic heterocycles. The highest BCUT2D eigenvalue weighted by Crippen LogP contribution is 2.09. The van der Waals surface area contributed by atoms with E-state index in [0.29, 0.717) is 6.42 Å². The Morgan fingerprint density at radius 3 is 2.36 bits per heavy atom. The van der Waals surface area contributed by atoms with Gasteiger partial charge < -0.3 is 0 Å². The topological polar surface area (TPSA) is 17.1 Å². The van der Waals surface area contributed by atoms with Crippen LogP contribution < -0.4 is 0 Å². The van der Waals surface area contributed by atoms with Crippen LogP contribution in [0.4, 0.5) is 4.39 Å². The smallest absolute Gasteiger partial charge is 0.165 e. The Bertz CT molecular complexity index is 281. The van der Waals surface area contributed by atoms with Gasteiger partial charge in [-0.25, -0.2) is 4.39 Å². The Morgan fingerprint density at radius 2 is 1.86 bits per heavy atom. The Hall–Kier alpha value is -1.18. The van der Waals surface area contributed by atoms with E-state index in [1.54, 1.807) is 12.1 Å². The average Bonchev–Trinajstić information content (AvgIpc) is 2.22. The molecular formula is C12H17FO. The summed E-state index contributed by atoms with van der Waals surface area (Å²) in [5.41, 5.74) is 0.208. The molecule has 1 aromatic carbocycles. The first kappa shape index (κ1) is 12.8. The molecule has 0 spiro atoms. The van der Waals surface area contributed by atoms with Crippen molar-refractivity contribution in [1.82, 2.24) is 0 Å². The van der Waals surface area contributed by atoms with E-state index in [1.165, 1.54) is 12.1 Å². The SMILES string of the molecule is CC.CCCC(=O)c1ccccc1F. The second-order valence-electron chi connectivity index (χ2n) is 2.65. The first-order chi connectivity index (χ1) is 6.75. The van der Waals surface area contributed by atoms with E-state index in [0.717, 1.165) is 6.42 Å². The van der Waals surface area contributed by atoms with Gasteiger partial charge in [-0.1, -0.05) is 32.9 Å². The van der Waals surface area contributed by atoms with Crippen molar-refractivity contribution in [2.45, 2.75) is 33.6 Å². The van der Waals surface area contributed by atoms with Gasteiger partial charge in [-0.05, 0) is 18.6 Å². The monoisotopic (exact) mass is 196 g/mol. The third kappa shape index (κ3) is 3.69. The van der Waals surface area contributed by atoms with Crippen molar-refractivity contribution in [2.75, 3.05) is 0 Å². The van der Waals surface area contributed by atoms with Crippen molar-refractivity contribution in [3.8, 4) is 0 Å². The van der Waals surface area contributed by atoms with Crippen LogP contribution in [-0.2, 0) is 0 Å². The molecule has 0 atom stereocenters. The minimum Gasteiger partial charge on any atom is -0.294 e. The summed E-state index contributed by atoms with van der Waals surface area (Å²) in [4.78, 5) is 11.2. The van der Waals surface area contributed by atoms with E-state index in [-0.39, 0.29) is 11.3 Å². The van der Waals surface area contributed by atoms with Crippen LogP contribution in [0.5, 0.6) is 0 Å². The second-order valence-corrected chi connectivity index (χ2v) is 2.65. The molecular weight excluding hydrogens is 179 g/mol. The maximum absolute atomic E-state index is 12.9. The molecule has 0 amide bonds. The van der Waals surface area contributed by atoms with E-state index in [4.69, 9.17) is 0 Å². The van der Waals surface area contributed by atoms with Gasteiger partial charge in [0.15, 0.2) is 5.78 Å². The Balaban J connectivity index is 0.000000791. The summed E-state index contributed by atoms with van der Waals surface area (Å²) in [5.74, 6) is -0.536. The third-order valence-electron chi connectivity index (χ3n) is 1.65. The normalized spacial score (nSPS) is 8.86. The van der Waals surface area contributed by atoms with Crippen molar-refractivity contribution in [2.24, 2.45) is 0 Å². The van der Waals surface area contributed by atoms with Gasteiger partial charge in [-0.15, -0.1) is 0 Å². The Labute approximate surface area is 85.0 Å². The summed E-state index contributed by atoms with van der Waals surface area (Å²) in [5, 5.41) is 0. The number of Topliss-reactive ketones (excluding diaryl/α,β-unsaturated/α-hetero) is 1. The fraction of sp³-hybridized carbons (Fsp3) is 0.417. The fourth-order valence-electron chi connectivity index (χ4n) is 1.05. The quantitative estimate of drug-likeness (QED) is 0.671. The lowest BCUT2D eigenvalue weighted by molar-refractivity contribution is 0.0978. The van der Waals surface area contributed by atoms with Crippen molar-refractivity contribution in [3.05, 3.63) is 35.6 Å². The highest BCUT2D eigenvalue weighted by atomic mass is 19.1. The lowest BCUT2D eigenvalue weighted by atomic mass is 10.1. The molecule has 0 saturated carbocycles. The molecule has 0 unspecified atom stereocenters. The van der Waals surface area contributed by atoms with E-state index in [9.17, 15) is 9.18 Å². The third-order valence-corrected chi connectivity index (χ3v) is 1.65. The number of carbonyl (C=O) groups is 1. The summed E-state index contributed by atoms with van der Waals surface area (Å²) in [6, 6.07) is 6.08. The van der Waals surface area contributed by atoms with Gasteiger partial charge in [0.25, 0.3) is 0 Å². The van der Waals surface area contributed by atoms with Crippen LogP contribution >= 0.6 is 0 Å². The van der Waals surface area contributed by atoms with E-state index in [1.807, 2.05) is 20.8 Å². The van der Waals surface area contributed by atoms with E-state index < -0.39 is 5.82 Å². The predicted molar refractivity (Wildman–Crippen MR) is 57.0 cm³/mol. The number of hydrogen-bond donors (Lipinski definition) is 0. The second kappa shape index (κ2) is 7.25. The molecule has 0 aliphatic rings. The highest BCUT2D eigenvalue weighted by molar-refractivity contribution is 5.96. The number of hydrogen-bond acceptors (Lipinski definition) is 1. The lowest BCUT2D eigenvalue weighted by Gasteiger charge is -1.99. The summed E-state index contributed by atoms with van der Waals surface area (Å²) in [6.07, 6.45) is 1.17. The van der Waals surface area contributed by atoms with Crippen molar-refractivity contribution in [1.29, 1.82) is 0 Å². The standard InChI is InChI=1S/C10H11FO.C2H6/c1-2-5-10(12)8-6-3-4-7-9(8)11;1-2/h3-4,6-7H,2,5H2,1H3;1-2H3. The van der Waals surface area contributed by atoms with Crippen LogP contribution in [0.15, 0.2) is 24.3 Å². The summed E-state index contributed by atoms with van der Waals surface area (Å²) in [7, 11) is 0. The molecule has 0 fully saturated rings. The zero-order valence-electron chi connectivity index (χ0n) is 9.01. The molecule has 0 radical (unpaired) electrons. The molecule has 14 heavy (non-hydrogen) atoms. The fourth-order valence-corrected chi connectivity index (χ4v) is 1.05. The van der Waals surface area contributed by atoms with Crippen molar-refractivity contribution in [3.63, 3.8) is 0 Å². The van der Waals surface area contributed by atoms with Crippen LogP contribution in [0, 0.1) is 5.82 Å². The molecule has 0 bridgehead atoms. The Kier molecular flexibility index (Phi) is 6.63. The van der Waals surface area contributed by atoms with Gasteiger partial charge in [0.1, 0.15) is 5.82 Å². The molecule has 2 heteroatoms. The van der Waals surface area contributed by atoms with Crippen LogP contribution in [0.3, 0.4) is 0 Å². The zero-order valence-corrected chi connectivity index (χ0v) is 9.01. The van der Waals surface area contributed by atoms with Gasteiger partial charge >= 0.3 is 0 Å². The zero-order chi connectivity index (χ0) is 11.0. The van der Waals surface area contributed by atoms with Crippen molar-refractivity contribution >= 4 is 5.78 Å². The van der Waals surface area contributed by atoms with Gasteiger partial charge in [0.2, 0.25) is 0 Å². The number of carbonyl (C=O) groups excluding carboxylic acids is 1. The maximum Gasteiger partial charge on any atom is 0.165 e. The summed E-state index contributed by atoms with van der Waals surface area (Å²) in [6.45, 7) is 5.90. The number of rotatable bonds is 3. The van der Waals surface area contributed by atoms with Crippen molar-refractivity contribution < 1.29 is 9.18 Å². The number of ketones is 1. The first-order valence-electron chi connectivity index (χ1n) is 5.03. The van der Waals surface area contributed by atoms with Gasteiger partial charge in [0.05, 0.1) is 5.56 Å². The molecule has 1 nitrogen and oxygen atoms in total. The summed E-state index contributed by atoms with van der Waals surface area (Å²) >= 11 is 0. The number of halogens is 1. The van der Waals surface area contributed by atoms with Crippen LogP contribution in [-0.4, -0.2) is 5.78 Å². The molecule has 1 rings (SSSR count). The van der Waals surface area contributed by atoms with Gasteiger partial charge in [-0.3, -0.25) is 4.79 Å².